The monoisotopic (exact) mass is 382 g/mol. The number of nitrogens with one attached hydrogen (secondary N) is 1. The maximum atomic E-state index is 12.6. The van der Waals surface area contributed by atoms with Crippen molar-refractivity contribution in [2.45, 2.75) is 32.9 Å². The lowest BCUT2D eigenvalue weighted by molar-refractivity contribution is -0.156. The predicted octanol–water partition coefficient (Wildman–Crippen LogP) is 3.04. The third kappa shape index (κ3) is 5.42. The molecule has 0 saturated heterocycles. The highest BCUT2D eigenvalue weighted by Gasteiger charge is 2.30. The van der Waals surface area contributed by atoms with E-state index in [9.17, 15) is 14.4 Å². The molecule has 0 aliphatic heterocycles. The lowest BCUT2D eigenvalue weighted by Crippen LogP contribution is -2.48. The minimum absolute atomic E-state index is 0.200. The van der Waals surface area contributed by atoms with E-state index < -0.39 is 18.1 Å². The lowest BCUT2D eigenvalue weighted by Gasteiger charge is -2.25. The number of amides is 2. The van der Waals surface area contributed by atoms with E-state index in [0.717, 1.165) is 0 Å². The molecule has 2 aromatic rings. The summed E-state index contributed by atoms with van der Waals surface area (Å²) in [5.74, 6) is -1.55. The Balaban J connectivity index is 2.03. The molecule has 0 radical (unpaired) electrons. The summed E-state index contributed by atoms with van der Waals surface area (Å²) in [7, 11) is 1.62. The van der Waals surface area contributed by atoms with Gasteiger partial charge in [0.05, 0.1) is 0 Å². The van der Waals surface area contributed by atoms with E-state index in [0.29, 0.717) is 11.3 Å². The van der Waals surface area contributed by atoms with E-state index >= 15 is 0 Å². The first-order valence-electron chi connectivity index (χ1n) is 9.20. The zero-order valence-corrected chi connectivity index (χ0v) is 16.6. The smallest absolute Gasteiger partial charge is 0.329 e. The van der Waals surface area contributed by atoms with Crippen LogP contribution in [-0.4, -0.2) is 37.0 Å². The standard InChI is InChI=1S/C22H26N2O4/c1-15(2)19(23-20(25)17-11-7-5-8-12-17)22(27)28-16(3)21(26)24(4)18-13-9-6-10-14-18/h5-16,19H,1-4H3,(H,23,25)/t16-,19+/m1/s1. The van der Waals surface area contributed by atoms with E-state index in [1.165, 1.54) is 11.8 Å². The Kier molecular flexibility index (Phi) is 7.32. The summed E-state index contributed by atoms with van der Waals surface area (Å²) < 4.78 is 5.37. The van der Waals surface area contributed by atoms with Crippen molar-refractivity contribution in [3.8, 4) is 0 Å². The average molecular weight is 382 g/mol. The summed E-state index contributed by atoms with van der Waals surface area (Å²) in [6.45, 7) is 5.13. The molecule has 2 atom stereocenters. The van der Waals surface area contributed by atoms with Crippen molar-refractivity contribution in [1.29, 1.82) is 0 Å². The average Bonchev–Trinajstić information content (AvgIpc) is 2.71. The summed E-state index contributed by atoms with van der Waals surface area (Å²) in [4.78, 5) is 39.0. The molecule has 0 bridgehead atoms. The van der Waals surface area contributed by atoms with Gasteiger partial charge < -0.3 is 15.0 Å². The molecule has 0 fully saturated rings. The number of anilines is 1. The fraction of sp³-hybridized carbons (Fsp3) is 0.318. The fourth-order valence-corrected chi connectivity index (χ4v) is 2.66. The van der Waals surface area contributed by atoms with Crippen LogP contribution in [-0.2, 0) is 14.3 Å². The van der Waals surface area contributed by atoms with E-state index in [1.807, 2.05) is 24.3 Å². The molecule has 0 aromatic heterocycles. The minimum Gasteiger partial charge on any atom is -0.451 e. The SMILES string of the molecule is CC(C)[C@H](NC(=O)c1ccccc1)C(=O)O[C@H](C)C(=O)N(C)c1ccccc1. The van der Waals surface area contributed by atoms with Crippen molar-refractivity contribution in [2.75, 3.05) is 11.9 Å². The van der Waals surface area contributed by atoms with Crippen LogP contribution in [0.2, 0.25) is 0 Å². The van der Waals surface area contributed by atoms with Crippen molar-refractivity contribution in [3.05, 3.63) is 66.2 Å². The normalized spacial score (nSPS) is 12.8. The summed E-state index contributed by atoms with van der Waals surface area (Å²) in [6, 6.07) is 16.9. The Labute approximate surface area is 165 Å². The Hall–Kier alpha value is -3.15. The van der Waals surface area contributed by atoms with Gasteiger partial charge in [-0.3, -0.25) is 9.59 Å². The molecule has 1 N–H and O–H groups in total. The zero-order valence-electron chi connectivity index (χ0n) is 16.6. The highest BCUT2D eigenvalue weighted by atomic mass is 16.5. The number of hydrogen-bond acceptors (Lipinski definition) is 4. The summed E-state index contributed by atoms with van der Waals surface area (Å²) in [5.41, 5.74) is 1.15. The molecule has 148 valence electrons. The Bertz CT molecular complexity index is 806. The van der Waals surface area contributed by atoms with Crippen molar-refractivity contribution in [1.82, 2.24) is 5.32 Å². The van der Waals surface area contributed by atoms with Gasteiger partial charge in [0.25, 0.3) is 11.8 Å². The van der Waals surface area contributed by atoms with Crippen LogP contribution in [0.1, 0.15) is 31.1 Å². The number of para-hydroxylation sites is 1. The number of carbonyl (C=O) groups is 3. The molecule has 0 heterocycles. The first-order chi connectivity index (χ1) is 13.3. The number of esters is 1. The molecule has 0 spiro atoms. The molecule has 2 aromatic carbocycles. The van der Waals surface area contributed by atoms with Crippen molar-refractivity contribution < 1.29 is 19.1 Å². The number of rotatable bonds is 7. The van der Waals surface area contributed by atoms with Crippen LogP contribution in [0, 0.1) is 5.92 Å². The summed E-state index contributed by atoms with van der Waals surface area (Å²) in [5, 5.41) is 2.70. The van der Waals surface area contributed by atoms with E-state index in [1.54, 1.807) is 57.3 Å². The van der Waals surface area contributed by atoms with Gasteiger partial charge >= 0.3 is 5.97 Å². The maximum Gasteiger partial charge on any atom is 0.329 e. The van der Waals surface area contributed by atoms with Crippen molar-refractivity contribution in [2.24, 2.45) is 5.92 Å². The van der Waals surface area contributed by atoms with Crippen LogP contribution in [0.25, 0.3) is 0 Å². The van der Waals surface area contributed by atoms with Gasteiger partial charge in [-0.25, -0.2) is 4.79 Å². The van der Waals surface area contributed by atoms with Gasteiger partial charge in [-0.1, -0.05) is 50.2 Å². The zero-order chi connectivity index (χ0) is 20.7. The predicted molar refractivity (Wildman–Crippen MR) is 108 cm³/mol. The van der Waals surface area contributed by atoms with Crippen LogP contribution >= 0.6 is 0 Å². The van der Waals surface area contributed by atoms with Gasteiger partial charge in [-0.15, -0.1) is 0 Å². The number of nitrogens with zero attached hydrogens (tertiary/aromatic N) is 1. The van der Waals surface area contributed by atoms with Gasteiger partial charge in [0, 0.05) is 18.3 Å². The Morgan fingerprint density at radius 3 is 1.96 bits per heavy atom. The van der Waals surface area contributed by atoms with Crippen LogP contribution in [0.5, 0.6) is 0 Å². The highest BCUT2D eigenvalue weighted by molar-refractivity contribution is 5.99. The molecule has 6 heteroatoms. The van der Waals surface area contributed by atoms with Gasteiger partial charge in [-0.2, -0.15) is 0 Å². The fourth-order valence-electron chi connectivity index (χ4n) is 2.66. The van der Waals surface area contributed by atoms with Gasteiger partial charge in [0.2, 0.25) is 0 Å². The van der Waals surface area contributed by atoms with Crippen LogP contribution < -0.4 is 10.2 Å². The Morgan fingerprint density at radius 1 is 0.893 bits per heavy atom. The molecule has 2 amide bonds. The molecule has 6 nitrogen and oxygen atoms in total. The van der Waals surface area contributed by atoms with E-state index in [2.05, 4.69) is 5.32 Å². The highest BCUT2D eigenvalue weighted by Crippen LogP contribution is 2.14. The second-order valence-corrected chi connectivity index (χ2v) is 6.87. The molecular formula is C22H26N2O4. The Morgan fingerprint density at radius 2 is 1.43 bits per heavy atom. The molecule has 0 saturated carbocycles. The van der Waals surface area contributed by atoms with Crippen LogP contribution in [0.15, 0.2) is 60.7 Å². The molecular weight excluding hydrogens is 356 g/mol. The quantitative estimate of drug-likeness (QED) is 0.747. The first-order valence-corrected chi connectivity index (χ1v) is 9.20. The maximum absolute atomic E-state index is 12.6. The third-order valence-electron chi connectivity index (χ3n) is 4.36. The number of carbonyl (C=O) groups excluding carboxylic acids is 3. The molecule has 0 unspecified atom stereocenters. The lowest BCUT2D eigenvalue weighted by atomic mass is 10.0. The third-order valence-corrected chi connectivity index (χ3v) is 4.36. The number of likely N-dealkylation sites (N-methyl/N-ethyl adjacent to an activating group) is 1. The van der Waals surface area contributed by atoms with Crippen molar-refractivity contribution in [3.63, 3.8) is 0 Å². The molecule has 0 aliphatic rings. The van der Waals surface area contributed by atoms with Gasteiger partial charge in [-0.05, 0) is 37.1 Å². The summed E-state index contributed by atoms with van der Waals surface area (Å²) in [6.07, 6.45) is -0.979. The van der Waals surface area contributed by atoms with Gasteiger partial charge in [0.15, 0.2) is 6.10 Å². The number of ether oxygens (including phenoxy) is 1. The minimum atomic E-state index is -0.979. The molecule has 28 heavy (non-hydrogen) atoms. The number of benzene rings is 2. The van der Waals surface area contributed by atoms with Gasteiger partial charge in [0.1, 0.15) is 6.04 Å². The summed E-state index contributed by atoms with van der Waals surface area (Å²) >= 11 is 0. The molecule has 0 aliphatic carbocycles. The molecule has 2 rings (SSSR count). The second-order valence-electron chi connectivity index (χ2n) is 6.87. The van der Waals surface area contributed by atoms with Crippen LogP contribution in [0.4, 0.5) is 5.69 Å². The largest absolute Gasteiger partial charge is 0.451 e. The number of hydrogen-bond donors (Lipinski definition) is 1. The first kappa shape index (κ1) is 21.2. The van der Waals surface area contributed by atoms with E-state index in [-0.39, 0.29) is 17.7 Å². The topological polar surface area (TPSA) is 75.7 Å². The van der Waals surface area contributed by atoms with E-state index in [4.69, 9.17) is 4.74 Å². The van der Waals surface area contributed by atoms with Crippen molar-refractivity contribution >= 4 is 23.5 Å². The second kappa shape index (κ2) is 9.69. The van der Waals surface area contributed by atoms with Crippen LogP contribution in [0.3, 0.4) is 0 Å².